The van der Waals surface area contributed by atoms with Gasteiger partial charge in [0.1, 0.15) is 0 Å². The van der Waals surface area contributed by atoms with Gasteiger partial charge in [-0.15, -0.1) is 0 Å². The fraction of sp³-hybridized carbons (Fsp3) is 0.429. The van der Waals surface area contributed by atoms with Gasteiger partial charge in [-0.1, -0.05) is 19.1 Å². The average Bonchev–Trinajstić information content (AvgIpc) is 3.70. The minimum absolute atomic E-state index is 0.0578. The summed E-state index contributed by atoms with van der Waals surface area (Å²) >= 11 is 0. The minimum atomic E-state index is -0.0943. The van der Waals surface area contributed by atoms with Crippen LogP contribution in [0.5, 0.6) is 0 Å². The molecule has 2 N–H and O–H groups in total. The highest BCUT2D eigenvalue weighted by atomic mass is 16.5. The summed E-state index contributed by atoms with van der Waals surface area (Å²) in [7, 11) is 1.64. The molecular weight excluding hydrogens is 426 g/mol. The third-order valence-electron chi connectivity index (χ3n) is 7.46. The molecule has 0 bridgehead atoms. The lowest BCUT2D eigenvalue weighted by Gasteiger charge is -2.46. The summed E-state index contributed by atoms with van der Waals surface area (Å²) < 4.78 is 5.51. The Hall–Kier alpha value is -3.12. The summed E-state index contributed by atoms with van der Waals surface area (Å²) in [5, 5.41) is 6.43. The van der Waals surface area contributed by atoms with Gasteiger partial charge < -0.3 is 20.3 Å². The number of carbonyl (C=O) groups is 2. The highest BCUT2D eigenvalue weighted by Crippen LogP contribution is 2.50. The van der Waals surface area contributed by atoms with Crippen molar-refractivity contribution in [1.29, 1.82) is 0 Å². The molecule has 0 radical (unpaired) electrons. The number of benzene rings is 2. The Bertz CT molecular complexity index is 1120. The van der Waals surface area contributed by atoms with E-state index in [1.165, 1.54) is 24.0 Å². The number of hydrogen-bond acceptors (Lipinski definition) is 4. The normalized spacial score (nSPS) is 24.1. The first-order chi connectivity index (χ1) is 16.5. The van der Waals surface area contributed by atoms with E-state index in [0.29, 0.717) is 18.1 Å². The lowest BCUT2D eigenvalue weighted by molar-refractivity contribution is -0.117. The van der Waals surface area contributed by atoms with Crippen molar-refractivity contribution in [1.82, 2.24) is 5.32 Å². The fourth-order valence-electron chi connectivity index (χ4n) is 5.60. The Morgan fingerprint density at radius 2 is 1.85 bits per heavy atom. The SMILES string of the molecule is CNC(=O)c1ccc(NC2c3cc(C4=CCOCC4)ccc3N(C(C)=O)C(C3CC3)[C@H]2C)cc1. The topological polar surface area (TPSA) is 70.7 Å². The molecule has 2 heterocycles. The van der Waals surface area contributed by atoms with Crippen molar-refractivity contribution >= 4 is 28.8 Å². The Kier molecular flexibility index (Phi) is 6.17. The Morgan fingerprint density at radius 3 is 2.47 bits per heavy atom. The smallest absolute Gasteiger partial charge is 0.251 e. The second kappa shape index (κ2) is 9.26. The molecule has 3 atom stereocenters. The maximum absolute atomic E-state index is 12.9. The third-order valence-corrected chi connectivity index (χ3v) is 7.46. The molecule has 1 fully saturated rings. The second-order valence-electron chi connectivity index (χ2n) is 9.68. The number of nitrogens with one attached hydrogen (secondary N) is 2. The molecule has 2 aliphatic heterocycles. The predicted molar refractivity (Wildman–Crippen MR) is 135 cm³/mol. The number of nitrogens with zero attached hydrogens (tertiary/aromatic N) is 1. The number of ether oxygens (including phenoxy) is 1. The minimum Gasteiger partial charge on any atom is -0.378 e. The highest BCUT2D eigenvalue weighted by molar-refractivity contribution is 5.95. The molecule has 2 unspecified atom stereocenters. The predicted octanol–water partition coefficient (Wildman–Crippen LogP) is 4.78. The van der Waals surface area contributed by atoms with Gasteiger partial charge in [0.2, 0.25) is 5.91 Å². The zero-order valence-corrected chi connectivity index (χ0v) is 20.1. The molecule has 1 saturated carbocycles. The van der Waals surface area contributed by atoms with Crippen LogP contribution >= 0.6 is 0 Å². The largest absolute Gasteiger partial charge is 0.378 e. The maximum Gasteiger partial charge on any atom is 0.251 e. The zero-order valence-electron chi connectivity index (χ0n) is 20.1. The lowest BCUT2D eigenvalue weighted by Crippen LogP contribution is -2.51. The first kappa shape index (κ1) is 22.7. The Labute approximate surface area is 201 Å². The van der Waals surface area contributed by atoms with E-state index in [0.717, 1.165) is 30.0 Å². The summed E-state index contributed by atoms with van der Waals surface area (Å²) in [4.78, 5) is 26.9. The number of fused-ring (bicyclic) bond motifs is 1. The molecule has 3 aliphatic rings. The van der Waals surface area contributed by atoms with E-state index < -0.39 is 0 Å². The number of hydrogen-bond donors (Lipinski definition) is 2. The average molecular weight is 460 g/mol. The van der Waals surface area contributed by atoms with Crippen LogP contribution in [0.2, 0.25) is 0 Å². The number of rotatable bonds is 5. The fourth-order valence-corrected chi connectivity index (χ4v) is 5.60. The molecule has 6 heteroatoms. The molecule has 2 aromatic rings. The molecule has 178 valence electrons. The van der Waals surface area contributed by atoms with Crippen molar-refractivity contribution in [3.05, 3.63) is 65.2 Å². The molecule has 0 aromatic heterocycles. The number of carbonyl (C=O) groups excluding carboxylic acids is 2. The van der Waals surface area contributed by atoms with E-state index in [1.807, 2.05) is 29.2 Å². The molecule has 1 aliphatic carbocycles. The molecule has 0 saturated heterocycles. The molecule has 34 heavy (non-hydrogen) atoms. The van der Waals surface area contributed by atoms with Crippen molar-refractivity contribution in [3.63, 3.8) is 0 Å². The molecule has 6 nitrogen and oxygen atoms in total. The van der Waals surface area contributed by atoms with Gasteiger partial charge in [-0.05, 0) is 78.3 Å². The maximum atomic E-state index is 12.9. The summed E-state index contributed by atoms with van der Waals surface area (Å²) in [6.45, 7) is 5.33. The molecular formula is C28H33N3O3. The molecule has 0 spiro atoms. The van der Waals surface area contributed by atoms with Gasteiger partial charge in [0.05, 0.1) is 19.3 Å². The van der Waals surface area contributed by atoms with E-state index in [4.69, 9.17) is 4.74 Å². The third kappa shape index (κ3) is 4.23. The highest BCUT2D eigenvalue weighted by Gasteiger charge is 2.47. The number of amides is 2. The van der Waals surface area contributed by atoms with Crippen LogP contribution in [0, 0.1) is 11.8 Å². The van der Waals surface area contributed by atoms with Crippen LogP contribution in [0.3, 0.4) is 0 Å². The van der Waals surface area contributed by atoms with Crippen molar-refractivity contribution in [2.45, 2.75) is 45.2 Å². The monoisotopic (exact) mass is 459 g/mol. The summed E-state index contributed by atoms with van der Waals surface area (Å²) in [5.74, 6) is 0.797. The van der Waals surface area contributed by atoms with Crippen LogP contribution in [0.4, 0.5) is 11.4 Å². The van der Waals surface area contributed by atoms with Crippen molar-refractivity contribution in [2.24, 2.45) is 11.8 Å². The van der Waals surface area contributed by atoms with Crippen LogP contribution in [0.1, 0.15) is 60.6 Å². The van der Waals surface area contributed by atoms with Crippen LogP contribution < -0.4 is 15.5 Å². The molecule has 2 amide bonds. The zero-order chi connectivity index (χ0) is 23.8. The first-order valence-electron chi connectivity index (χ1n) is 12.3. The van der Waals surface area contributed by atoms with Crippen molar-refractivity contribution < 1.29 is 14.3 Å². The number of anilines is 2. The standard InChI is InChI=1S/C28H33N3O3/c1-17-26(30-23-9-6-21(7-10-23)28(33)29-3)24-16-22(19-12-14-34-15-13-19)8-11-25(24)31(18(2)32)27(17)20-4-5-20/h6-12,16-17,20,26-27,30H,4-5,13-15H2,1-3H3,(H,29,33)/t17-,26?,27?/m0/s1. The van der Waals surface area contributed by atoms with Crippen LogP contribution in [0.25, 0.3) is 5.57 Å². The quantitative estimate of drug-likeness (QED) is 0.675. The van der Waals surface area contributed by atoms with E-state index in [1.54, 1.807) is 14.0 Å². The van der Waals surface area contributed by atoms with E-state index in [-0.39, 0.29) is 29.8 Å². The van der Waals surface area contributed by atoms with Crippen molar-refractivity contribution in [2.75, 3.05) is 30.5 Å². The second-order valence-corrected chi connectivity index (χ2v) is 9.68. The summed E-state index contributed by atoms with van der Waals surface area (Å²) in [5.41, 5.74) is 6.27. The van der Waals surface area contributed by atoms with E-state index >= 15 is 0 Å². The lowest BCUT2D eigenvalue weighted by atomic mass is 9.79. The van der Waals surface area contributed by atoms with Gasteiger partial charge in [0, 0.05) is 42.9 Å². The van der Waals surface area contributed by atoms with Crippen molar-refractivity contribution in [3.8, 4) is 0 Å². The molecule has 2 aromatic carbocycles. The molecule has 5 rings (SSSR count). The van der Waals surface area contributed by atoms with Gasteiger partial charge >= 0.3 is 0 Å². The van der Waals surface area contributed by atoms with E-state index in [9.17, 15) is 9.59 Å². The van der Waals surface area contributed by atoms with Crippen LogP contribution in [-0.2, 0) is 9.53 Å². The van der Waals surface area contributed by atoms with Crippen LogP contribution in [-0.4, -0.2) is 38.1 Å². The van der Waals surface area contributed by atoms with Gasteiger partial charge in [0.25, 0.3) is 5.91 Å². The Morgan fingerprint density at radius 1 is 1.09 bits per heavy atom. The van der Waals surface area contributed by atoms with E-state index in [2.05, 4.69) is 41.8 Å². The Balaban J connectivity index is 1.55. The van der Waals surface area contributed by atoms with Crippen LogP contribution in [0.15, 0.2) is 48.5 Å². The van der Waals surface area contributed by atoms with Gasteiger partial charge in [-0.25, -0.2) is 0 Å². The van der Waals surface area contributed by atoms with Gasteiger partial charge in [-0.2, -0.15) is 0 Å². The van der Waals surface area contributed by atoms with Gasteiger partial charge in [-0.3, -0.25) is 9.59 Å². The summed E-state index contributed by atoms with van der Waals surface area (Å²) in [6, 6.07) is 14.4. The summed E-state index contributed by atoms with van der Waals surface area (Å²) in [6.07, 6.45) is 5.40. The van der Waals surface area contributed by atoms with Gasteiger partial charge in [0.15, 0.2) is 0 Å². The first-order valence-corrected chi connectivity index (χ1v) is 12.3.